The molecule has 4 aliphatic rings. The molecule has 3 aromatic carbocycles. The van der Waals surface area contributed by atoms with Crippen LogP contribution in [0.15, 0.2) is 60.2 Å². The van der Waals surface area contributed by atoms with Crippen LogP contribution in [0.5, 0.6) is 11.5 Å². The van der Waals surface area contributed by atoms with Gasteiger partial charge in [0.25, 0.3) is 11.8 Å². The molecule has 0 radical (unpaired) electrons. The Morgan fingerprint density at radius 3 is 2.12 bits per heavy atom. The summed E-state index contributed by atoms with van der Waals surface area (Å²) >= 11 is 14.2. The molecule has 2 aliphatic heterocycles. The van der Waals surface area contributed by atoms with Gasteiger partial charge >= 0.3 is 0 Å². The summed E-state index contributed by atoms with van der Waals surface area (Å²) in [6, 6.07) is 11.0. The van der Waals surface area contributed by atoms with E-state index in [9.17, 15) is 37.5 Å². The van der Waals surface area contributed by atoms with Crippen molar-refractivity contribution >= 4 is 64.3 Å². The van der Waals surface area contributed by atoms with Crippen LogP contribution in [-0.4, -0.2) is 45.6 Å². The Kier molecular flexibility index (Phi) is 8.53. The van der Waals surface area contributed by atoms with E-state index in [2.05, 4.69) is 0 Å². The molecule has 15 heteroatoms. The van der Waals surface area contributed by atoms with Crippen LogP contribution in [-0.2, 0) is 25.6 Å². The van der Waals surface area contributed by atoms with Crippen molar-refractivity contribution in [1.82, 2.24) is 0 Å². The number of fused-ring (bicyclic) bond motifs is 4. The van der Waals surface area contributed by atoms with E-state index in [1.807, 2.05) is 6.92 Å². The van der Waals surface area contributed by atoms with Gasteiger partial charge in [0.15, 0.2) is 44.5 Å². The first-order chi connectivity index (χ1) is 24.6. The van der Waals surface area contributed by atoms with E-state index in [0.717, 1.165) is 10.5 Å². The molecule has 0 spiro atoms. The molecule has 52 heavy (non-hydrogen) atoms. The molecule has 7 rings (SSSR count). The number of carbonyl (C=O) groups is 4. The van der Waals surface area contributed by atoms with Crippen LogP contribution in [0.3, 0.4) is 0 Å². The van der Waals surface area contributed by atoms with Crippen LogP contribution in [0, 0.1) is 52.8 Å². The number of hydrogen-bond acceptors (Lipinski definition) is 6. The zero-order valence-corrected chi connectivity index (χ0v) is 28.7. The Bertz CT molecular complexity index is 2130. The van der Waals surface area contributed by atoms with Crippen molar-refractivity contribution in [2.24, 2.45) is 23.7 Å². The monoisotopic (exact) mass is 760 g/mol. The van der Waals surface area contributed by atoms with Gasteiger partial charge in [0.2, 0.25) is 17.6 Å². The van der Waals surface area contributed by atoms with E-state index in [-0.39, 0.29) is 22.8 Å². The van der Waals surface area contributed by atoms with E-state index in [1.54, 1.807) is 30.3 Å². The Labute approximate surface area is 303 Å². The molecule has 1 saturated carbocycles. The van der Waals surface area contributed by atoms with Crippen molar-refractivity contribution in [3.05, 3.63) is 100 Å². The number of ether oxygens (including phenoxy) is 1. The molecule has 2 aliphatic carbocycles. The number of alkyl halides is 2. The Balaban J connectivity index is 1.39. The van der Waals surface area contributed by atoms with Crippen molar-refractivity contribution in [3.8, 4) is 11.5 Å². The molecule has 0 bridgehead atoms. The number of phenols is 1. The number of imide groups is 2. The highest BCUT2D eigenvalue weighted by molar-refractivity contribution is 6.58. The summed E-state index contributed by atoms with van der Waals surface area (Å²) in [5, 5.41) is 10.1. The van der Waals surface area contributed by atoms with E-state index in [4.69, 9.17) is 27.9 Å². The first-order valence-corrected chi connectivity index (χ1v) is 16.9. The predicted octanol–water partition coefficient (Wildman–Crippen LogP) is 6.97. The van der Waals surface area contributed by atoms with Gasteiger partial charge in [-0.25, -0.2) is 26.9 Å². The van der Waals surface area contributed by atoms with Gasteiger partial charge in [0.1, 0.15) is 5.69 Å². The van der Waals surface area contributed by atoms with Gasteiger partial charge in [0.05, 0.1) is 24.6 Å². The summed E-state index contributed by atoms with van der Waals surface area (Å²) in [4.78, 5) is 52.2. The minimum Gasteiger partial charge on any atom is -0.504 e. The molecule has 2 heterocycles. The number of halogens is 7. The highest BCUT2D eigenvalue weighted by atomic mass is 35.5. The number of methoxy groups -OCH3 is 1. The van der Waals surface area contributed by atoms with Crippen LogP contribution in [0.1, 0.15) is 30.9 Å². The first-order valence-electron chi connectivity index (χ1n) is 16.1. The number of rotatable bonds is 6. The Morgan fingerprint density at radius 1 is 0.865 bits per heavy atom. The summed E-state index contributed by atoms with van der Waals surface area (Å²) in [7, 11) is 1.31. The maximum atomic E-state index is 15.2. The summed E-state index contributed by atoms with van der Waals surface area (Å²) in [5.74, 6) is -21.2. The number of phenolic OH excluding ortho intramolecular Hbond substituents is 1. The van der Waals surface area contributed by atoms with Crippen LogP contribution in [0.4, 0.5) is 33.3 Å². The molecule has 270 valence electrons. The largest absolute Gasteiger partial charge is 0.504 e. The highest BCUT2D eigenvalue weighted by Gasteiger charge is 2.76. The minimum absolute atomic E-state index is 0.00767. The second kappa shape index (κ2) is 12.4. The molecule has 6 unspecified atom stereocenters. The van der Waals surface area contributed by atoms with Gasteiger partial charge in [-0.3, -0.25) is 24.1 Å². The lowest BCUT2D eigenvalue weighted by molar-refractivity contribution is -0.125. The molecule has 4 amide bonds. The number of anilines is 2. The third kappa shape index (κ3) is 4.77. The number of benzene rings is 3. The third-order valence-corrected chi connectivity index (χ3v) is 12.0. The van der Waals surface area contributed by atoms with E-state index in [1.165, 1.54) is 37.5 Å². The van der Waals surface area contributed by atoms with Crippen molar-refractivity contribution in [3.63, 3.8) is 0 Å². The third-order valence-electron chi connectivity index (χ3n) is 10.6. The number of carbonyl (C=O) groups excluding carboxylic acids is 4. The van der Waals surface area contributed by atoms with E-state index in [0.29, 0.717) is 23.2 Å². The van der Waals surface area contributed by atoms with Gasteiger partial charge < -0.3 is 9.84 Å². The first kappa shape index (κ1) is 35.6. The van der Waals surface area contributed by atoms with E-state index < -0.39 is 98.2 Å². The molecule has 1 N–H and O–H groups in total. The Hall–Kier alpha value is -4.75. The summed E-state index contributed by atoms with van der Waals surface area (Å²) < 4.78 is 78.5. The lowest BCUT2D eigenvalue weighted by Gasteiger charge is -2.49. The Morgan fingerprint density at radius 2 is 1.50 bits per heavy atom. The number of aryl methyl sites for hydroxylation is 1. The zero-order chi connectivity index (χ0) is 37.6. The minimum atomic E-state index is -2.64. The van der Waals surface area contributed by atoms with E-state index >= 15 is 8.78 Å². The molecular weight excluding hydrogens is 734 g/mol. The van der Waals surface area contributed by atoms with Gasteiger partial charge in [0, 0.05) is 5.92 Å². The second-order valence-corrected chi connectivity index (χ2v) is 14.3. The second-order valence-electron chi connectivity index (χ2n) is 13.1. The van der Waals surface area contributed by atoms with Gasteiger partial charge in [-0.15, -0.1) is 23.2 Å². The van der Waals surface area contributed by atoms with Crippen LogP contribution in [0.2, 0.25) is 0 Å². The molecule has 0 aromatic heterocycles. The van der Waals surface area contributed by atoms with Crippen molar-refractivity contribution < 1.29 is 51.0 Å². The molecule has 3 fully saturated rings. The summed E-state index contributed by atoms with van der Waals surface area (Å²) in [6.07, 6.45) is 4.51. The van der Waals surface area contributed by atoms with Crippen molar-refractivity contribution in [1.29, 1.82) is 0 Å². The van der Waals surface area contributed by atoms with Crippen molar-refractivity contribution in [2.45, 2.75) is 35.9 Å². The van der Waals surface area contributed by atoms with Crippen molar-refractivity contribution in [2.75, 3.05) is 16.9 Å². The predicted molar refractivity (Wildman–Crippen MR) is 179 cm³/mol. The topological polar surface area (TPSA) is 104 Å². The van der Waals surface area contributed by atoms with Gasteiger partial charge in [-0.05, 0) is 60.6 Å². The molecular formula is C37H27Cl2F5N2O6. The molecule has 2 saturated heterocycles. The smallest absolute Gasteiger partial charge is 0.258 e. The number of aromatic hydroxyl groups is 1. The quantitative estimate of drug-likeness (QED) is 0.0727. The number of amides is 4. The normalized spacial score (nSPS) is 28.4. The lowest BCUT2D eigenvalue weighted by Crippen LogP contribution is -2.60. The molecule has 8 nitrogen and oxygen atoms in total. The van der Waals surface area contributed by atoms with Gasteiger partial charge in [-0.2, -0.15) is 0 Å². The number of hydrogen-bond donors (Lipinski definition) is 1. The van der Waals surface area contributed by atoms with Crippen LogP contribution < -0.4 is 14.5 Å². The fourth-order valence-corrected chi connectivity index (χ4v) is 8.85. The standard InChI is InChI=1S/C37H27Cl2F5N2O6/c1-3-16-4-8-18(9-5-16)45-32(48)20-11-10-19-21(25(20)33(45)49)15-36(38)34(50)46(31-29(43)27(41)26(40)28(42)30(31)44)35(51)37(36,39)22(19)12-6-17-7-13-23(47)24(14-17)52-2/h4-10,12-14,20-22,25,47H,3,11,15H2,1-2H3. The van der Waals surface area contributed by atoms with Gasteiger partial charge in [-0.1, -0.05) is 48.9 Å². The van der Waals surface area contributed by atoms with Crippen LogP contribution >= 0.6 is 23.2 Å². The average molecular weight is 762 g/mol. The molecule has 3 aromatic rings. The summed E-state index contributed by atoms with van der Waals surface area (Å²) in [6.45, 7) is 1.94. The SMILES string of the molecule is CCc1ccc(N2C(=O)C3CC=C4C(CC5(Cl)C(=O)N(c6c(F)c(F)c(F)c(F)c6F)C(=O)C5(Cl)C4C=Cc4ccc(O)c(OC)c4)C3C2=O)cc1. The highest BCUT2D eigenvalue weighted by Crippen LogP contribution is 2.64. The number of nitrogens with zero attached hydrogens (tertiary/aromatic N) is 2. The lowest BCUT2D eigenvalue weighted by atomic mass is 9.57. The maximum Gasteiger partial charge on any atom is 0.258 e. The fourth-order valence-electron chi connectivity index (χ4n) is 7.96. The average Bonchev–Trinajstić information content (AvgIpc) is 3.48. The number of allylic oxidation sites excluding steroid dienone is 3. The fraction of sp³-hybridized carbons (Fsp3) is 0.297. The zero-order valence-electron chi connectivity index (χ0n) is 27.2. The maximum absolute atomic E-state index is 15.2. The van der Waals surface area contributed by atoms with Crippen LogP contribution in [0.25, 0.3) is 6.08 Å². The summed E-state index contributed by atoms with van der Waals surface area (Å²) in [5.41, 5.74) is 0.111. The molecule has 6 atom stereocenters.